The van der Waals surface area contributed by atoms with Crippen molar-refractivity contribution in [2.24, 2.45) is 0 Å². The maximum Gasteiger partial charge on any atom is 0.273 e. The second-order valence-electron chi connectivity index (χ2n) is 8.66. The SMILES string of the molecule is CNC(=O)c1cn(C[C@H](F)CCc2ccc(NC(=O)Cc3cc(OC4CC(F)(F)C4)ccn3)nn2)nn1. The van der Waals surface area contributed by atoms with Crippen molar-refractivity contribution < 1.29 is 27.5 Å². The van der Waals surface area contributed by atoms with E-state index in [0.717, 1.165) is 0 Å². The molecule has 0 aromatic carbocycles. The summed E-state index contributed by atoms with van der Waals surface area (Å²) in [5.41, 5.74) is 1.06. The van der Waals surface area contributed by atoms with Crippen LogP contribution in [0.1, 0.15) is 41.1 Å². The smallest absolute Gasteiger partial charge is 0.273 e. The van der Waals surface area contributed by atoms with E-state index in [4.69, 9.17) is 4.74 Å². The topological polar surface area (TPSA) is 137 Å². The zero-order valence-corrected chi connectivity index (χ0v) is 19.9. The monoisotopic (exact) mass is 518 g/mol. The first-order chi connectivity index (χ1) is 17.7. The minimum absolute atomic E-state index is 0.0566. The second-order valence-corrected chi connectivity index (χ2v) is 8.66. The molecule has 0 radical (unpaired) electrons. The van der Waals surface area contributed by atoms with Crippen LogP contribution in [0.2, 0.25) is 0 Å². The van der Waals surface area contributed by atoms with Crippen LogP contribution >= 0.6 is 0 Å². The fraction of sp³-hybridized carbons (Fsp3) is 0.435. The van der Waals surface area contributed by atoms with Crippen LogP contribution < -0.4 is 15.4 Å². The molecule has 1 aliphatic carbocycles. The van der Waals surface area contributed by atoms with E-state index in [-0.39, 0.29) is 43.7 Å². The second kappa shape index (κ2) is 11.3. The Labute approximate surface area is 209 Å². The molecule has 1 aliphatic rings. The predicted octanol–water partition coefficient (Wildman–Crippen LogP) is 2.15. The Morgan fingerprint density at radius 1 is 1.19 bits per heavy atom. The average Bonchev–Trinajstić information content (AvgIpc) is 3.30. The minimum Gasteiger partial charge on any atom is -0.490 e. The Bertz CT molecular complexity index is 1230. The Hall–Kier alpha value is -4.10. The Morgan fingerprint density at radius 2 is 2.00 bits per heavy atom. The zero-order valence-electron chi connectivity index (χ0n) is 19.9. The van der Waals surface area contributed by atoms with Crippen molar-refractivity contribution in [3.63, 3.8) is 0 Å². The van der Waals surface area contributed by atoms with Crippen LogP contribution in [0, 0.1) is 0 Å². The number of aromatic nitrogens is 6. The van der Waals surface area contributed by atoms with Gasteiger partial charge in [0.2, 0.25) is 5.91 Å². The summed E-state index contributed by atoms with van der Waals surface area (Å²) in [6.45, 7) is -0.0566. The Morgan fingerprint density at radius 3 is 2.70 bits per heavy atom. The number of aryl methyl sites for hydroxylation is 1. The summed E-state index contributed by atoms with van der Waals surface area (Å²) in [4.78, 5) is 28.0. The molecule has 0 spiro atoms. The van der Waals surface area contributed by atoms with Crippen molar-refractivity contribution >= 4 is 17.6 Å². The molecular formula is C23H25F3N8O3. The normalized spacial score (nSPS) is 15.5. The molecule has 2 amide bonds. The van der Waals surface area contributed by atoms with Crippen molar-refractivity contribution in [3.05, 3.63) is 53.7 Å². The summed E-state index contributed by atoms with van der Waals surface area (Å²) in [5.74, 6) is -2.87. The van der Waals surface area contributed by atoms with Crippen LogP contribution in [0.25, 0.3) is 0 Å². The van der Waals surface area contributed by atoms with Gasteiger partial charge in [-0.1, -0.05) is 5.21 Å². The third-order valence-corrected chi connectivity index (χ3v) is 5.57. The van der Waals surface area contributed by atoms with E-state index in [0.29, 0.717) is 23.6 Å². The molecule has 11 nitrogen and oxygen atoms in total. The van der Waals surface area contributed by atoms with Crippen LogP contribution in [0.4, 0.5) is 19.0 Å². The van der Waals surface area contributed by atoms with Gasteiger partial charge in [0, 0.05) is 32.2 Å². The average molecular weight is 519 g/mol. The molecule has 37 heavy (non-hydrogen) atoms. The summed E-state index contributed by atoms with van der Waals surface area (Å²) in [7, 11) is 1.47. The number of amides is 2. The third-order valence-electron chi connectivity index (χ3n) is 5.57. The van der Waals surface area contributed by atoms with Gasteiger partial charge in [0.1, 0.15) is 18.0 Å². The maximum absolute atomic E-state index is 14.3. The van der Waals surface area contributed by atoms with Gasteiger partial charge in [-0.25, -0.2) is 17.9 Å². The summed E-state index contributed by atoms with van der Waals surface area (Å²) in [6.07, 6.45) is 0.762. The Kier molecular flexibility index (Phi) is 7.94. The van der Waals surface area contributed by atoms with Gasteiger partial charge in [-0.2, -0.15) is 5.10 Å². The van der Waals surface area contributed by atoms with E-state index in [9.17, 15) is 22.8 Å². The number of pyridine rings is 1. The molecule has 0 saturated heterocycles. The van der Waals surface area contributed by atoms with Gasteiger partial charge in [0.15, 0.2) is 11.5 Å². The number of anilines is 1. The highest BCUT2D eigenvalue weighted by Crippen LogP contribution is 2.39. The molecule has 4 rings (SSSR count). The lowest BCUT2D eigenvalue weighted by atomic mass is 9.91. The van der Waals surface area contributed by atoms with Gasteiger partial charge in [0.05, 0.1) is 30.6 Å². The predicted molar refractivity (Wildman–Crippen MR) is 124 cm³/mol. The molecule has 1 saturated carbocycles. The Balaban J connectivity index is 1.21. The molecule has 0 aliphatic heterocycles. The zero-order chi connectivity index (χ0) is 26.4. The lowest BCUT2D eigenvalue weighted by molar-refractivity contribution is -0.134. The lowest BCUT2D eigenvalue weighted by Crippen LogP contribution is -2.43. The summed E-state index contributed by atoms with van der Waals surface area (Å²) in [5, 5.41) is 20.4. The number of ether oxygens (including phenoxy) is 1. The fourth-order valence-electron chi connectivity index (χ4n) is 3.64. The number of alkyl halides is 3. The molecule has 196 valence electrons. The van der Waals surface area contributed by atoms with Crippen molar-refractivity contribution in [2.45, 2.75) is 56.8 Å². The van der Waals surface area contributed by atoms with Crippen LogP contribution in [0.5, 0.6) is 5.75 Å². The van der Waals surface area contributed by atoms with E-state index in [1.165, 1.54) is 30.2 Å². The maximum atomic E-state index is 14.3. The molecular weight excluding hydrogens is 493 g/mol. The molecule has 0 unspecified atom stereocenters. The highest BCUT2D eigenvalue weighted by atomic mass is 19.3. The number of nitrogens with one attached hydrogen (secondary N) is 2. The van der Waals surface area contributed by atoms with Crippen molar-refractivity contribution in [1.82, 2.24) is 35.5 Å². The minimum atomic E-state index is -2.68. The van der Waals surface area contributed by atoms with Crippen LogP contribution in [-0.2, 0) is 24.2 Å². The first-order valence-electron chi connectivity index (χ1n) is 11.6. The molecule has 2 N–H and O–H groups in total. The number of halogens is 3. The number of rotatable bonds is 11. The van der Waals surface area contributed by atoms with Gasteiger partial charge >= 0.3 is 0 Å². The van der Waals surface area contributed by atoms with Crippen molar-refractivity contribution in [2.75, 3.05) is 12.4 Å². The van der Waals surface area contributed by atoms with E-state index in [1.807, 2.05) is 0 Å². The molecule has 3 heterocycles. The highest BCUT2D eigenvalue weighted by molar-refractivity contribution is 5.91. The fourth-order valence-corrected chi connectivity index (χ4v) is 3.64. The summed E-state index contributed by atoms with van der Waals surface area (Å²) >= 11 is 0. The molecule has 1 atom stereocenters. The van der Waals surface area contributed by atoms with E-state index < -0.39 is 30.0 Å². The molecule has 3 aromatic heterocycles. The van der Waals surface area contributed by atoms with E-state index >= 15 is 0 Å². The number of hydrogen-bond acceptors (Lipinski definition) is 8. The first kappa shape index (κ1) is 26.0. The molecule has 14 heteroatoms. The van der Waals surface area contributed by atoms with Gasteiger partial charge in [-0.15, -0.1) is 10.2 Å². The van der Waals surface area contributed by atoms with Crippen LogP contribution in [-0.4, -0.2) is 67.2 Å². The summed E-state index contributed by atoms with van der Waals surface area (Å²) in [6, 6.07) is 6.29. The molecule has 1 fully saturated rings. The number of carbonyl (C=O) groups excluding carboxylic acids is 2. The van der Waals surface area contributed by atoms with Gasteiger partial charge in [-0.05, 0) is 31.0 Å². The van der Waals surface area contributed by atoms with Crippen LogP contribution in [0.3, 0.4) is 0 Å². The molecule has 3 aromatic rings. The molecule has 0 bridgehead atoms. The van der Waals surface area contributed by atoms with E-state index in [2.05, 4.69) is 36.1 Å². The standard InChI is InChI=1S/C23H25F3N8O3/c1-27-22(36)19-13-34(33-31-19)12-14(24)2-3-15-4-5-20(32-30-15)29-21(35)9-16-8-17(6-7-28-16)37-18-10-23(25,26)11-18/h4-8,13-14,18H,2-3,9-12H2,1H3,(H,27,36)(H,29,32,35)/t14-/m1/s1. The first-order valence-corrected chi connectivity index (χ1v) is 11.6. The van der Waals surface area contributed by atoms with Crippen molar-refractivity contribution in [1.29, 1.82) is 0 Å². The largest absolute Gasteiger partial charge is 0.490 e. The van der Waals surface area contributed by atoms with E-state index in [1.54, 1.807) is 18.2 Å². The number of nitrogens with zero attached hydrogens (tertiary/aromatic N) is 6. The van der Waals surface area contributed by atoms with Crippen LogP contribution in [0.15, 0.2) is 36.7 Å². The van der Waals surface area contributed by atoms with Gasteiger partial charge in [-0.3, -0.25) is 14.6 Å². The number of carbonyl (C=O) groups is 2. The van der Waals surface area contributed by atoms with Crippen molar-refractivity contribution in [3.8, 4) is 5.75 Å². The van der Waals surface area contributed by atoms with Gasteiger partial charge < -0.3 is 15.4 Å². The lowest BCUT2D eigenvalue weighted by Gasteiger charge is -2.34. The third kappa shape index (κ3) is 7.44. The summed E-state index contributed by atoms with van der Waals surface area (Å²) < 4.78 is 47.1. The van der Waals surface area contributed by atoms with Gasteiger partial charge in [0.25, 0.3) is 11.8 Å². The highest BCUT2D eigenvalue weighted by Gasteiger charge is 2.47. The quantitative estimate of drug-likeness (QED) is 0.394. The number of hydrogen-bond donors (Lipinski definition) is 2.